The van der Waals surface area contributed by atoms with Gasteiger partial charge in [0.1, 0.15) is 0 Å². The summed E-state index contributed by atoms with van der Waals surface area (Å²) in [6, 6.07) is 18.3. The van der Waals surface area contributed by atoms with Crippen LogP contribution < -0.4 is 4.57 Å². The number of benzene rings is 2. The van der Waals surface area contributed by atoms with Crippen molar-refractivity contribution < 1.29 is 23.6 Å². The van der Waals surface area contributed by atoms with Crippen molar-refractivity contribution in [2.45, 2.75) is 20.8 Å². The van der Waals surface area contributed by atoms with Gasteiger partial charge in [0.2, 0.25) is 5.69 Å². The normalized spacial score (nSPS) is 11.7. The molecule has 0 amide bonds. The summed E-state index contributed by atoms with van der Waals surface area (Å²) < 4.78 is 12.1. The molecule has 3 aromatic rings. The van der Waals surface area contributed by atoms with E-state index < -0.39 is 0 Å². The predicted octanol–water partition coefficient (Wildman–Crippen LogP) is 5.68. The Hall–Kier alpha value is -4.32. The molecule has 6 heteroatoms. The summed E-state index contributed by atoms with van der Waals surface area (Å²) in [5.74, 6) is -0.697. The maximum absolute atomic E-state index is 12.0. The lowest BCUT2D eigenvalue weighted by molar-refractivity contribution is -0.595. The van der Waals surface area contributed by atoms with E-state index in [-0.39, 0.29) is 11.9 Å². The Kier molecular flexibility index (Phi) is 9.25. The molecule has 0 radical (unpaired) electrons. The van der Waals surface area contributed by atoms with Crippen LogP contribution in [0.15, 0.2) is 96.3 Å². The van der Waals surface area contributed by atoms with Crippen LogP contribution in [-0.4, -0.2) is 31.4 Å². The first-order valence-corrected chi connectivity index (χ1v) is 11.5. The van der Waals surface area contributed by atoms with Crippen LogP contribution in [0.1, 0.15) is 47.1 Å². The Morgan fingerprint density at radius 1 is 0.857 bits per heavy atom. The SMILES string of the molecule is C\C=C/C(=C\C=N\c1cccc(C(=O)OCC)c1)c1cc[n+](-c2cccc(C(=O)OCC)c2)cc1. The fourth-order valence-corrected chi connectivity index (χ4v) is 3.36. The Bertz CT molecular complexity index is 1260. The van der Waals surface area contributed by atoms with Gasteiger partial charge in [-0.15, -0.1) is 0 Å². The summed E-state index contributed by atoms with van der Waals surface area (Å²) in [4.78, 5) is 28.5. The molecule has 0 aliphatic carbocycles. The second-order valence-corrected chi connectivity index (χ2v) is 7.44. The number of esters is 2. The van der Waals surface area contributed by atoms with Gasteiger partial charge in [0.15, 0.2) is 12.4 Å². The van der Waals surface area contributed by atoms with Gasteiger partial charge >= 0.3 is 11.9 Å². The molecule has 35 heavy (non-hydrogen) atoms. The number of nitrogens with zero attached hydrogens (tertiary/aromatic N) is 2. The summed E-state index contributed by atoms with van der Waals surface area (Å²) in [5, 5.41) is 0. The van der Waals surface area contributed by atoms with Crippen LogP contribution in [0.25, 0.3) is 11.3 Å². The second kappa shape index (κ2) is 12.8. The summed E-state index contributed by atoms with van der Waals surface area (Å²) >= 11 is 0. The molecule has 0 unspecified atom stereocenters. The third-order valence-electron chi connectivity index (χ3n) is 5.00. The topological polar surface area (TPSA) is 68.8 Å². The molecular formula is C29H29N2O4+. The number of pyridine rings is 1. The van der Waals surface area contributed by atoms with Gasteiger partial charge in [0.25, 0.3) is 0 Å². The summed E-state index contributed by atoms with van der Waals surface area (Å²) in [6.45, 7) is 6.19. The van der Waals surface area contributed by atoms with E-state index in [9.17, 15) is 9.59 Å². The maximum atomic E-state index is 12.0. The smallest absolute Gasteiger partial charge is 0.338 e. The zero-order chi connectivity index (χ0) is 25.0. The third-order valence-corrected chi connectivity index (χ3v) is 5.00. The fraction of sp³-hybridized carbons (Fsp3) is 0.172. The van der Waals surface area contributed by atoms with Crippen LogP contribution in [-0.2, 0) is 9.47 Å². The molecule has 1 heterocycles. The van der Waals surface area contributed by atoms with Crippen molar-refractivity contribution in [2.24, 2.45) is 4.99 Å². The van der Waals surface area contributed by atoms with Gasteiger partial charge in [-0.25, -0.2) is 9.59 Å². The van der Waals surface area contributed by atoms with Crippen LogP contribution in [0.3, 0.4) is 0 Å². The first-order chi connectivity index (χ1) is 17.0. The molecule has 1 aromatic heterocycles. The van der Waals surface area contributed by atoms with Crippen molar-refractivity contribution in [1.82, 2.24) is 0 Å². The van der Waals surface area contributed by atoms with Crippen molar-refractivity contribution in [3.8, 4) is 5.69 Å². The molecule has 0 bridgehead atoms. The summed E-state index contributed by atoms with van der Waals surface area (Å²) in [7, 11) is 0. The first kappa shape index (κ1) is 25.3. The maximum Gasteiger partial charge on any atom is 0.338 e. The second-order valence-electron chi connectivity index (χ2n) is 7.44. The number of aromatic nitrogens is 1. The first-order valence-electron chi connectivity index (χ1n) is 11.5. The summed E-state index contributed by atoms with van der Waals surface area (Å²) in [6.07, 6.45) is 11.5. The van der Waals surface area contributed by atoms with Gasteiger partial charge in [-0.2, -0.15) is 4.57 Å². The minimum absolute atomic E-state index is 0.329. The zero-order valence-corrected chi connectivity index (χ0v) is 20.2. The van der Waals surface area contributed by atoms with Crippen molar-refractivity contribution in [2.75, 3.05) is 13.2 Å². The minimum Gasteiger partial charge on any atom is -0.462 e. The van der Waals surface area contributed by atoms with Gasteiger partial charge in [-0.1, -0.05) is 24.3 Å². The van der Waals surface area contributed by atoms with Gasteiger partial charge in [-0.05, 0) is 62.2 Å². The molecule has 0 N–H and O–H groups in total. The third kappa shape index (κ3) is 7.08. The number of hydrogen-bond acceptors (Lipinski definition) is 5. The number of allylic oxidation sites excluding steroid dienone is 4. The molecule has 0 atom stereocenters. The highest BCUT2D eigenvalue weighted by Crippen LogP contribution is 2.17. The van der Waals surface area contributed by atoms with E-state index in [2.05, 4.69) is 4.99 Å². The number of ether oxygens (including phenoxy) is 2. The highest BCUT2D eigenvalue weighted by molar-refractivity contribution is 5.92. The average molecular weight is 470 g/mol. The molecule has 0 saturated heterocycles. The van der Waals surface area contributed by atoms with Gasteiger partial charge in [-0.3, -0.25) is 4.99 Å². The lowest BCUT2D eigenvalue weighted by Crippen LogP contribution is -2.29. The highest BCUT2D eigenvalue weighted by atomic mass is 16.5. The van der Waals surface area contributed by atoms with Crippen molar-refractivity contribution in [1.29, 1.82) is 0 Å². The van der Waals surface area contributed by atoms with Crippen LogP contribution in [0.5, 0.6) is 0 Å². The molecule has 0 aliphatic rings. The number of rotatable bonds is 9. The molecule has 3 rings (SSSR count). The van der Waals surface area contributed by atoms with Crippen LogP contribution in [0.2, 0.25) is 0 Å². The fourth-order valence-electron chi connectivity index (χ4n) is 3.36. The molecule has 0 aliphatic heterocycles. The quantitative estimate of drug-likeness (QED) is 0.175. The molecule has 2 aromatic carbocycles. The van der Waals surface area contributed by atoms with Crippen LogP contribution in [0, 0.1) is 0 Å². The highest BCUT2D eigenvalue weighted by Gasteiger charge is 2.12. The number of carbonyl (C=O) groups excluding carboxylic acids is 2. The molecule has 0 fully saturated rings. The number of hydrogen-bond donors (Lipinski definition) is 0. The lowest BCUT2D eigenvalue weighted by atomic mass is 10.1. The van der Waals surface area contributed by atoms with E-state index >= 15 is 0 Å². The standard InChI is InChI=1S/C29H29N2O4/c1-4-9-22(14-17-30-26-12-7-10-24(20-26)28(32)34-5-2)23-15-18-31(19-16-23)27-13-8-11-25(21-27)29(33)35-6-3/h4,7-21H,5-6H2,1-3H3/q+1/b9-4-,22-14+,30-17+. The zero-order valence-electron chi connectivity index (χ0n) is 20.2. The van der Waals surface area contributed by atoms with Crippen molar-refractivity contribution >= 4 is 29.4 Å². The molecule has 6 nitrogen and oxygen atoms in total. The Morgan fingerprint density at radius 2 is 1.49 bits per heavy atom. The molecule has 178 valence electrons. The van der Waals surface area contributed by atoms with E-state index in [0.717, 1.165) is 16.8 Å². The molecular weight excluding hydrogens is 440 g/mol. The van der Waals surface area contributed by atoms with Crippen molar-refractivity contribution in [3.63, 3.8) is 0 Å². The Labute approximate surface area is 205 Å². The molecule has 0 saturated carbocycles. The van der Waals surface area contributed by atoms with E-state index in [0.29, 0.717) is 30.0 Å². The number of carbonyl (C=O) groups is 2. The van der Waals surface area contributed by atoms with E-state index in [1.54, 1.807) is 50.4 Å². The van der Waals surface area contributed by atoms with Gasteiger partial charge in [0, 0.05) is 30.5 Å². The van der Waals surface area contributed by atoms with Crippen molar-refractivity contribution in [3.05, 3.63) is 108 Å². The Balaban J connectivity index is 1.80. The molecule has 0 spiro atoms. The minimum atomic E-state index is -0.361. The lowest BCUT2D eigenvalue weighted by Gasteiger charge is -2.04. The monoisotopic (exact) mass is 469 g/mol. The summed E-state index contributed by atoms with van der Waals surface area (Å²) in [5.41, 5.74) is 4.50. The van der Waals surface area contributed by atoms with Gasteiger partial charge < -0.3 is 9.47 Å². The largest absolute Gasteiger partial charge is 0.462 e. The van der Waals surface area contributed by atoms with E-state index in [1.165, 1.54) is 0 Å². The predicted molar refractivity (Wildman–Crippen MR) is 137 cm³/mol. The van der Waals surface area contributed by atoms with E-state index in [1.807, 2.05) is 72.4 Å². The van der Waals surface area contributed by atoms with E-state index in [4.69, 9.17) is 9.47 Å². The average Bonchev–Trinajstić information content (AvgIpc) is 2.89. The van der Waals surface area contributed by atoms with Gasteiger partial charge in [0.05, 0.1) is 30.0 Å². The number of aliphatic imine (C=N–C) groups is 1. The van der Waals surface area contributed by atoms with Crippen LogP contribution >= 0.6 is 0 Å². The Morgan fingerprint density at radius 3 is 2.11 bits per heavy atom. The van der Waals surface area contributed by atoms with Crippen LogP contribution in [0.4, 0.5) is 5.69 Å².